The Morgan fingerprint density at radius 2 is 2.32 bits per heavy atom. The summed E-state index contributed by atoms with van der Waals surface area (Å²) < 4.78 is 5.52. The van der Waals surface area contributed by atoms with Crippen LogP contribution in [0, 0.1) is 5.92 Å². The van der Waals surface area contributed by atoms with E-state index in [1.165, 1.54) is 6.42 Å². The molecule has 1 fully saturated rings. The third-order valence-corrected chi connectivity index (χ3v) is 4.00. The van der Waals surface area contributed by atoms with Gasteiger partial charge in [0.15, 0.2) is 0 Å². The molecule has 1 heterocycles. The molecule has 106 valence electrons. The van der Waals surface area contributed by atoms with Gasteiger partial charge < -0.3 is 15.4 Å². The van der Waals surface area contributed by atoms with Gasteiger partial charge in [-0.2, -0.15) is 0 Å². The van der Waals surface area contributed by atoms with Crippen molar-refractivity contribution in [1.82, 2.24) is 0 Å². The maximum atomic E-state index is 6.36. The SMILES string of the molecule is C[C@@H](N)c1ccc(N(C)CC2CCCOC2)c(Cl)c1. The fourth-order valence-corrected chi connectivity index (χ4v) is 2.89. The number of hydrogen-bond acceptors (Lipinski definition) is 3. The van der Waals surface area contributed by atoms with Crippen LogP contribution in [-0.4, -0.2) is 26.8 Å². The van der Waals surface area contributed by atoms with Crippen molar-refractivity contribution in [1.29, 1.82) is 0 Å². The standard InChI is InChI=1S/C15H23ClN2O/c1-11(17)13-5-6-15(14(16)8-13)18(2)9-12-4-3-7-19-10-12/h5-6,8,11-12H,3-4,7,9-10,17H2,1-2H3/t11-,12?/m1/s1. The predicted octanol–water partition coefficient (Wildman–Crippen LogP) is 3.22. The molecule has 19 heavy (non-hydrogen) atoms. The lowest BCUT2D eigenvalue weighted by Crippen LogP contribution is -2.31. The summed E-state index contributed by atoms with van der Waals surface area (Å²) in [6.45, 7) is 4.72. The molecular formula is C15H23ClN2O. The summed E-state index contributed by atoms with van der Waals surface area (Å²) in [5.41, 5.74) is 8.01. The van der Waals surface area contributed by atoms with Gasteiger partial charge in [0, 0.05) is 26.2 Å². The number of anilines is 1. The van der Waals surface area contributed by atoms with Crippen molar-refractivity contribution in [3.05, 3.63) is 28.8 Å². The van der Waals surface area contributed by atoms with Gasteiger partial charge in [0.2, 0.25) is 0 Å². The van der Waals surface area contributed by atoms with E-state index in [4.69, 9.17) is 22.1 Å². The highest BCUT2D eigenvalue weighted by Gasteiger charge is 2.17. The van der Waals surface area contributed by atoms with Gasteiger partial charge in [-0.05, 0) is 43.4 Å². The summed E-state index contributed by atoms with van der Waals surface area (Å²) in [4.78, 5) is 2.21. The van der Waals surface area contributed by atoms with E-state index in [0.29, 0.717) is 5.92 Å². The average molecular weight is 283 g/mol. The molecule has 1 aliphatic heterocycles. The van der Waals surface area contributed by atoms with E-state index in [9.17, 15) is 0 Å². The van der Waals surface area contributed by atoms with Crippen LogP contribution in [0.3, 0.4) is 0 Å². The van der Waals surface area contributed by atoms with Crippen LogP contribution in [0.2, 0.25) is 5.02 Å². The minimum atomic E-state index is 0.0172. The first kappa shape index (κ1) is 14.6. The molecule has 1 unspecified atom stereocenters. The zero-order valence-electron chi connectivity index (χ0n) is 11.7. The molecule has 3 nitrogen and oxygen atoms in total. The van der Waals surface area contributed by atoms with Gasteiger partial charge in [0.05, 0.1) is 17.3 Å². The van der Waals surface area contributed by atoms with Crippen LogP contribution in [0.4, 0.5) is 5.69 Å². The van der Waals surface area contributed by atoms with Crippen molar-refractivity contribution in [3.8, 4) is 0 Å². The first-order valence-electron chi connectivity index (χ1n) is 6.92. The highest BCUT2D eigenvalue weighted by Crippen LogP contribution is 2.29. The first-order chi connectivity index (χ1) is 9.08. The molecule has 1 aromatic rings. The van der Waals surface area contributed by atoms with Gasteiger partial charge in [0.25, 0.3) is 0 Å². The Labute approximate surface area is 120 Å². The maximum Gasteiger partial charge on any atom is 0.0642 e. The smallest absolute Gasteiger partial charge is 0.0642 e. The quantitative estimate of drug-likeness (QED) is 0.921. The monoisotopic (exact) mass is 282 g/mol. The van der Waals surface area contributed by atoms with Crippen LogP contribution < -0.4 is 10.6 Å². The normalized spacial score (nSPS) is 21.2. The average Bonchev–Trinajstić information content (AvgIpc) is 2.39. The van der Waals surface area contributed by atoms with Crippen molar-refractivity contribution in [2.24, 2.45) is 11.7 Å². The van der Waals surface area contributed by atoms with Gasteiger partial charge in [-0.15, -0.1) is 0 Å². The molecule has 1 aromatic carbocycles. The molecule has 2 N–H and O–H groups in total. The van der Waals surface area contributed by atoms with E-state index in [0.717, 1.165) is 42.5 Å². The fraction of sp³-hybridized carbons (Fsp3) is 0.600. The molecule has 0 aliphatic carbocycles. The highest BCUT2D eigenvalue weighted by molar-refractivity contribution is 6.33. The summed E-state index contributed by atoms with van der Waals surface area (Å²) in [6.07, 6.45) is 2.40. The van der Waals surface area contributed by atoms with Gasteiger partial charge in [-0.3, -0.25) is 0 Å². The first-order valence-corrected chi connectivity index (χ1v) is 7.29. The van der Waals surface area contributed by atoms with Crippen LogP contribution in [0.1, 0.15) is 31.4 Å². The molecule has 4 heteroatoms. The number of hydrogen-bond donors (Lipinski definition) is 1. The second-order valence-electron chi connectivity index (χ2n) is 5.46. The number of nitrogens with zero attached hydrogens (tertiary/aromatic N) is 1. The number of benzene rings is 1. The van der Waals surface area contributed by atoms with Crippen LogP contribution >= 0.6 is 11.6 Å². The fourth-order valence-electron chi connectivity index (χ4n) is 2.55. The minimum Gasteiger partial charge on any atom is -0.381 e. The molecule has 0 saturated carbocycles. The number of ether oxygens (including phenoxy) is 1. The molecular weight excluding hydrogens is 260 g/mol. The van der Waals surface area contributed by atoms with Gasteiger partial charge in [0.1, 0.15) is 0 Å². The predicted molar refractivity (Wildman–Crippen MR) is 80.9 cm³/mol. The van der Waals surface area contributed by atoms with E-state index < -0.39 is 0 Å². The lowest BCUT2D eigenvalue weighted by molar-refractivity contribution is 0.0576. The molecule has 2 rings (SSSR count). The zero-order valence-corrected chi connectivity index (χ0v) is 12.5. The Morgan fingerprint density at radius 3 is 2.89 bits per heavy atom. The van der Waals surface area contributed by atoms with E-state index >= 15 is 0 Å². The van der Waals surface area contributed by atoms with Crippen molar-refractivity contribution in [3.63, 3.8) is 0 Å². The van der Waals surface area contributed by atoms with Crippen molar-refractivity contribution >= 4 is 17.3 Å². The van der Waals surface area contributed by atoms with E-state index in [1.54, 1.807) is 0 Å². The largest absolute Gasteiger partial charge is 0.381 e. The third kappa shape index (κ3) is 3.85. The molecule has 0 bridgehead atoms. The molecule has 1 saturated heterocycles. The Bertz CT molecular complexity index is 417. The van der Waals surface area contributed by atoms with Gasteiger partial charge in [-0.1, -0.05) is 17.7 Å². The second-order valence-corrected chi connectivity index (χ2v) is 5.87. The molecule has 0 amide bonds. The van der Waals surface area contributed by atoms with Crippen molar-refractivity contribution in [2.75, 3.05) is 31.7 Å². The Morgan fingerprint density at radius 1 is 1.53 bits per heavy atom. The molecule has 0 radical (unpaired) electrons. The van der Waals surface area contributed by atoms with Crippen LogP contribution in [-0.2, 0) is 4.74 Å². The lowest BCUT2D eigenvalue weighted by Gasteiger charge is -2.29. The molecule has 1 aliphatic rings. The van der Waals surface area contributed by atoms with E-state index in [2.05, 4.69) is 24.1 Å². The second kappa shape index (κ2) is 6.60. The van der Waals surface area contributed by atoms with Gasteiger partial charge >= 0.3 is 0 Å². The third-order valence-electron chi connectivity index (χ3n) is 3.70. The van der Waals surface area contributed by atoms with Crippen LogP contribution in [0.25, 0.3) is 0 Å². The van der Waals surface area contributed by atoms with Crippen LogP contribution in [0.5, 0.6) is 0 Å². The summed E-state index contributed by atoms with van der Waals surface area (Å²) in [5, 5.41) is 0.772. The maximum absolute atomic E-state index is 6.36. The number of nitrogens with two attached hydrogens (primary N) is 1. The summed E-state index contributed by atoms with van der Waals surface area (Å²) >= 11 is 6.36. The van der Waals surface area contributed by atoms with Crippen molar-refractivity contribution < 1.29 is 4.74 Å². The number of halogens is 1. The molecule has 0 aromatic heterocycles. The number of rotatable bonds is 4. The lowest BCUT2D eigenvalue weighted by atomic mass is 10.0. The summed E-state index contributed by atoms with van der Waals surface area (Å²) in [5.74, 6) is 0.600. The van der Waals surface area contributed by atoms with E-state index in [-0.39, 0.29) is 6.04 Å². The molecule has 2 atom stereocenters. The summed E-state index contributed by atoms with van der Waals surface area (Å²) in [7, 11) is 2.08. The Balaban J connectivity index is 2.03. The highest BCUT2D eigenvalue weighted by atomic mass is 35.5. The van der Waals surface area contributed by atoms with E-state index in [1.807, 2.05) is 13.0 Å². The zero-order chi connectivity index (χ0) is 13.8. The summed E-state index contributed by atoms with van der Waals surface area (Å²) in [6, 6.07) is 6.10. The molecule has 0 spiro atoms. The Kier molecular flexibility index (Phi) is 5.08. The topological polar surface area (TPSA) is 38.5 Å². The van der Waals surface area contributed by atoms with Crippen molar-refractivity contribution in [2.45, 2.75) is 25.8 Å². The Hall–Kier alpha value is -0.770. The van der Waals surface area contributed by atoms with Gasteiger partial charge in [-0.25, -0.2) is 0 Å². The van der Waals surface area contributed by atoms with Crippen LogP contribution in [0.15, 0.2) is 18.2 Å². The minimum absolute atomic E-state index is 0.0172.